The molecule has 0 amide bonds. The molecular formula is C22H18FN5O. The summed E-state index contributed by atoms with van der Waals surface area (Å²) in [4.78, 5) is 12.5. The lowest BCUT2D eigenvalue weighted by molar-refractivity contribution is 0.441. The second-order valence-electron chi connectivity index (χ2n) is 6.44. The summed E-state index contributed by atoms with van der Waals surface area (Å²) in [5, 5.41) is 0. The molecule has 0 aliphatic rings. The van der Waals surface area contributed by atoms with E-state index in [1.807, 2.05) is 37.3 Å². The first-order valence-corrected chi connectivity index (χ1v) is 8.90. The van der Waals surface area contributed by atoms with Crippen molar-refractivity contribution in [3.63, 3.8) is 0 Å². The number of nitrogens with two attached hydrogens (primary N) is 2. The summed E-state index contributed by atoms with van der Waals surface area (Å²) in [5.74, 6) is 0.292. The maximum atomic E-state index is 14.8. The Morgan fingerprint density at radius 1 is 0.897 bits per heavy atom. The van der Waals surface area contributed by atoms with Crippen LogP contribution in [0.15, 0.2) is 66.9 Å². The van der Waals surface area contributed by atoms with Gasteiger partial charge in [-0.2, -0.15) is 4.98 Å². The third-order valence-corrected chi connectivity index (χ3v) is 4.32. The molecule has 2 aromatic carbocycles. The molecule has 6 nitrogen and oxygen atoms in total. The van der Waals surface area contributed by atoms with E-state index in [0.717, 1.165) is 11.3 Å². The second-order valence-corrected chi connectivity index (χ2v) is 6.44. The lowest BCUT2D eigenvalue weighted by Gasteiger charge is -2.14. The SMILES string of the molecule is Cc1cc(Oc2ccc(-c3c(N)nc(N)nc3-c3ccccc3)cc2F)ccn1. The van der Waals surface area contributed by atoms with Gasteiger partial charge in [0, 0.05) is 23.5 Å². The number of ether oxygens (including phenoxy) is 1. The van der Waals surface area contributed by atoms with Crippen LogP contribution in [0.4, 0.5) is 16.2 Å². The number of hydrogen-bond donors (Lipinski definition) is 2. The fourth-order valence-corrected chi connectivity index (χ4v) is 3.03. The highest BCUT2D eigenvalue weighted by molar-refractivity contribution is 5.88. The lowest BCUT2D eigenvalue weighted by Crippen LogP contribution is -2.04. The topological polar surface area (TPSA) is 99.9 Å². The number of hydrogen-bond acceptors (Lipinski definition) is 6. The van der Waals surface area contributed by atoms with Crippen molar-refractivity contribution in [2.75, 3.05) is 11.5 Å². The zero-order valence-electron chi connectivity index (χ0n) is 15.6. The third-order valence-electron chi connectivity index (χ3n) is 4.32. The van der Waals surface area contributed by atoms with Crippen LogP contribution in [0.3, 0.4) is 0 Å². The van der Waals surface area contributed by atoms with Gasteiger partial charge in [0.25, 0.3) is 0 Å². The second kappa shape index (κ2) is 7.55. The first-order chi connectivity index (χ1) is 14.0. The number of aryl methyl sites for hydroxylation is 1. The van der Waals surface area contributed by atoms with E-state index < -0.39 is 5.82 Å². The summed E-state index contributed by atoms with van der Waals surface area (Å²) in [7, 11) is 0. The van der Waals surface area contributed by atoms with Gasteiger partial charge in [-0.15, -0.1) is 0 Å². The molecule has 7 heteroatoms. The Morgan fingerprint density at radius 3 is 2.41 bits per heavy atom. The minimum absolute atomic E-state index is 0.0542. The van der Waals surface area contributed by atoms with E-state index in [2.05, 4.69) is 15.0 Å². The Labute approximate surface area is 167 Å². The van der Waals surface area contributed by atoms with E-state index in [1.165, 1.54) is 6.07 Å². The van der Waals surface area contributed by atoms with Gasteiger partial charge in [-0.3, -0.25) is 4.98 Å². The van der Waals surface area contributed by atoms with E-state index in [9.17, 15) is 4.39 Å². The number of benzene rings is 2. The minimum atomic E-state index is -0.535. The highest BCUT2D eigenvalue weighted by Crippen LogP contribution is 2.37. The Bertz CT molecular complexity index is 1180. The standard InChI is InChI=1S/C22H18FN5O/c1-13-11-16(9-10-26-13)29-18-8-7-15(12-17(18)23)19-20(14-5-3-2-4-6-14)27-22(25)28-21(19)24/h2-12H,1H3,(H4,24,25,27,28). The third kappa shape index (κ3) is 3.84. The van der Waals surface area contributed by atoms with Crippen molar-refractivity contribution >= 4 is 11.8 Å². The minimum Gasteiger partial charge on any atom is -0.454 e. The summed E-state index contributed by atoms with van der Waals surface area (Å²) < 4.78 is 20.5. The predicted molar refractivity (Wildman–Crippen MR) is 111 cm³/mol. The summed E-state index contributed by atoms with van der Waals surface area (Å²) in [5.41, 5.74) is 15.1. The largest absolute Gasteiger partial charge is 0.454 e. The Balaban J connectivity index is 1.77. The highest BCUT2D eigenvalue weighted by atomic mass is 19.1. The molecule has 4 N–H and O–H groups in total. The molecule has 0 spiro atoms. The van der Waals surface area contributed by atoms with Crippen LogP contribution in [0.25, 0.3) is 22.4 Å². The van der Waals surface area contributed by atoms with Crippen molar-refractivity contribution in [1.82, 2.24) is 15.0 Å². The smallest absolute Gasteiger partial charge is 0.222 e. The van der Waals surface area contributed by atoms with Crippen LogP contribution in [0.1, 0.15) is 5.69 Å². The molecule has 0 unspecified atom stereocenters. The van der Waals surface area contributed by atoms with E-state index in [1.54, 1.807) is 30.5 Å². The molecular weight excluding hydrogens is 369 g/mol. The number of aromatic nitrogens is 3. The Hall–Kier alpha value is -4.00. The average Bonchev–Trinajstić information content (AvgIpc) is 2.70. The molecule has 0 saturated heterocycles. The first kappa shape index (κ1) is 18.4. The molecule has 0 saturated carbocycles. The van der Waals surface area contributed by atoms with Gasteiger partial charge in [-0.25, -0.2) is 9.37 Å². The molecule has 0 aliphatic heterocycles. The van der Waals surface area contributed by atoms with Gasteiger partial charge in [0.1, 0.15) is 11.6 Å². The zero-order chi connectivity index (χ0) is 20.4. The van der Waals surface area contributed by atoms with Crippen molar-refractivity contribution in [3.05, 3.63) is 78.4 Å². The number of anilines is 2. The summed E-state index contributed by atoms with van der Waals surface area (Å²) in [6.07, 6.45) is 1.61. The average molecular weight is 387 g/mol. The van der Waals surface area contributed by atoms with Crippen LogP contribution in [0, 0.1) is 12.7 Å². The van der Waals surface area contributed by atoms with Crippen molar-refractivity contribution in [3.8, 4) is 33.9 Å². The number of halogens is 1. The molecule has 0 fully saturated rings. The summed E-state index contributed by atoms with van der Waals surface area (Å²) in [6, 6.07) is 17.4. The molecule has 2 aromatic heterocycles. The van der Waals surface area contributed by atoms with E-state index in [0.29, 0.717) is 22.6 Å². The number of nitrogen functional groups attached to an aromatic ring is 2. The van der Waals surface area contributed by atoms with Gasteiger partial charge in [-0.1, -0.05) is 36.4 Å². The lowest BCUT2D eigenvalue weighted by atomic mass is 9.99. The fraction of sp³-hybridized carbons (Fsp3) is 0.0455. The quantitative estimate of drug-likeness (QED) is 0.530. The molecule has 0 aliphatic carbocycles. The summed E-state index contributed by atoms with van der Waals surface area (Å²) >= 11 is 0. The van der Waals surface area contributed by atoms with Gasteiger partial charge in [0.15, 0.2) is 11.6 Å². The number of nitrogens with zero attached hydrogens (tertiary/aromatic N) is 3. The van der Waals surface area contributed by atoms with E-state index in [4.69, 9.17) is 16.2 Å². The van der Waals surface area contributed by atoms with Crippen LogP contribution >= 0.6 is 0 Å². The Morgan fingerprint density at radius 2 is 1.69 bits per heavy atom. The van der Waals surface area contributed by atoms with Gasteiger partial charge in [0.2, 0.25) is 5.95 Å². The molecule has 4 rings (SSSR count). The van der Waals surface area contributed by atoms with Gasteiger partial charge in [-0.05, 0) is 30.7 Å². The van der Waals surface area contributed by atoms with Crippen molar-refractivity contribution in [2.45, 2.75) is 6.92 Å². The van der Waals surface area contributed by atoms with Crippen LogP contribution in [0.2, 0.25) is 0 Å². The molecule has 144 valence electrons. The van der Waals surface area contributed by atoms with Crippen LogP contribution < -0.4 is 16.2 Å². The van der Waals surface area contributed by atoms with Crippen LogP contribution in [-0.2, 0) is 0 Å². The normalized spacial score (nSPS) is 10.7. The fourth-order valence-electron chi connectivity index (χ4n) is 3.03. The summed E-state index contributed by atoms with van der Waals surface area (Å²) in [6.45, 7) is 1.83. The van der Waals surface area contributed by atoms with Gasteiger partial charge in [0.05, 0.1) is 11.3 Å². The van der Waals surface area contributed by atoms with Gasteiger partial charge < -0.3 is 16.2 Å². The van der Waals surface area contributed by atoms with E-state index in [-0.39, 0.29) is 17.5 Å². The molecule has 29 heavy (non-hydrogen) atoms. The van der Waals surface area contributed by atoms with Crippen molar-refractivity contribution in [2.24, 2.45) is 0 Å². The van der Waals surface area contributed by atoms with Crippen LogP contribution in [0.5, 0.6) is 11.5 Å². The van der Waals surface area contributed by atoms with Crippen LogP contribution in [-0.4, -0.2) is 15.0 Å². The Kier molecular flexibility index (Phi) is 4.78. The number of pyridine rings is 1. The molecule has 0 atom stereocenters. The molecule has 4 aromatic rings. The van der Waals surface area contributed by atoms with E-state index >= 15 is 0 Å². The highest BCUT2D eigenvalue weighted by Gasteiger charge is 2.17. The molecule has 0 bridgehead atoms. The maximum Gasteiger partial charge on any atom is 0.222 e. The first-order valence-electron chi connectivity index (χ1n) is 8.90. The van der Waals surface area contributed by atoms with Crippen molar-refractivity contribution < 1.29 is 9.13 Å². The molecule has 2 heterocycles. The zero-order valence-corrected chi connectivity index (χ0v) is 15.6. The monoisotopic (exact) mass is 387 g/mol. The van der Waals surface area contributed by atoms with Crippen molar-refractivity contribution in [1.29, 1.82) is 0 Å². The molecule has 0 radical (unpaired) electrons. The number of rotatable bonds is 4. The predicted octanol–water partition coefficient (Wildman–Crippen LogP) is 4.61. The maximum absolute atomic E-state index is 14.8. The van der Waals surface area contributed by atoms with Gasteiger partial charge >= 0.3 is 0 Å².